The van der Waals surface area contributed by atoms with Gasteiger partial charge in [-0.3, -0.25) is 4.79 Å². The molecule has 0 bridgehead atoms. The molecule has 0 radical (unpaired) electrons. The molecule has 3 aliphatic rings. The Morgan fingerprint density at radius 1 is 1.53 bits per heavy atom. The van der Waals surface area contributed by atoms with Crippen LogP contribution in [0.25, 0.3) is 0 Å². The maximum atomic E-state index is 12.2. The van der Waals surface area contributed by atoms with E-state index in [1.54, 1.807) is 0 Å². The Balaban J connectivity index is 1.86. The van der Waals surface area contributed by atoms with Crippen LogP contribution in [0.4, 0.5) is 0 Å². The van der Waals surface area contributed by atoms with Gasteiger partial charge in [0, 0.05) is 12.1 Å². The smallest absolute Gasteiger partial charge is 0.259 e. The topological polar surface area (TPSA) is 56.1 Å². The van der Waals surface area contributed by atoms with Gasteiger partial charge < -0.3 is 10.0 Å². The maximum absolute atomic E-state index is 12.2. The van der Waals surface area contributed by atoms with E-state index in [1.165, 1.54) is 5.01 Å². The van der Waals surface area contributed by atoms with Gasteiger partial charge in [0.2, 0.25) is 0 Å². The Bertz CT molecular complexity index is 471. The molecular weight excluding hydrogens is 242 g/mol. The minimum atomic E-state index is -1.07. The van der Waals surface area contributed by atoms with E-state index in [2.05, 4.69) is 18.9 Å². The summed E-state index contributed by atoms with van der Waals surface area (Å²) in [4.78, 5) is 14.1. The number of hydrogen-bond donors (Lipinski definition) is 1. The molecule has 4 atom stereocenters. The molecule has 0 spiro atoms. The van der Waals surface area contributed by atoms with E-state index in [4.69, 9.17) is 0 Å². The summed E-state index contributed by atoms with van der Waals surface area (Å²) in [5.74, 6) is 0.896. The lowest BCUT2D eigenvalue weighted by atomic mass is 9.84. The van der Waals surface area contributed by atoms with E-state index in [9.17, 15) is 9.90 Å². The van der Waals surface area contributed by atoms with Gasteiger partial charge in [0.25, 0.3) is 5.91 Å². The molecule has 2 saturated carbocycles. The van der Waals surface area contributed by atoms with Crippen molar-refractivity contribution in [3.05, 3.63) is 0 Å². The van der Waals surface area contributed by atoms with Crippen LogP contribution in [-0.2, 0) is 4.79 Å². The number of fused-ring (bicyclic) bond motifs is 3. The van der Waals surface area contributed by atoms with E-state index in [0.29, 0.717) is 18.3 Å². The van der Waals surface area contributed by atoms with Crippen LogP contribution < -0.4 is 0 Å². The summed E-state index contributed by atoms with van der Waals surface area (Å²) in [5.41, 5.74) is 0.128. The number of nitrogens with zero attached hydrogens (tertiary/aromatic N) is 3. The lowest BCUT2D eigenvalue weighted by Gasteiger charge is -2.35. The van der Waals surface area contributed by atoms with Crippen molar-refractivity contribution in [2.75, 3.05) is 20.6 Å². The van der Waals surface area contributed by atoms with E-state index in [1.807, 2.05) is 25.9 Å². The van der Waals surface area contributed by atoms with Crippen molar-refractivity contribution in [2.45, 2.75) is 32.9 Å². The highest BCUT2D eigenvalue weighted by Gasteiger charge is 2.75. The summed E-state index contributed by atoms with van der Waals surface area (Å²) in [6.07, 6.45) is 0.662. The number of carbonyl (C=O) groups excluding carboxylic acids is 1. The number of hydrazone groups is 1. The molecule has 0 aromatic carbocycles. The normalized spacial score (nSPS) is 42.2. The molecule has 106 valence electrons. The Morgan fingerprint density at radius 3 is 2.74 bits per heavy atom. The third-order valence-corrected chi connectivity index (χ3v) is 5.28. The second kappa shape index (κ2) is 3.58. The van der Waals surface area contributed by atoms with E-state index in [0.717, 1.165) is 5.71 Å². The summed E-state index contributed by atoms with van der Waals surface area (Å²) < 4.78 is 0. The molecule has 0 aromatic rings. The maximum Gasteiger partial charge on any atom is 0.259 e. The molecule has 2 fully saturated rings. The highest BCUT2D eigenvalue weighted by Crippen LogP contribution is 2.73. The first-order chi connectivity index (χ1) is 8.69. The first-order valence-corrected chi connectivity index (χ1v) is 6.95. The Labute approximate surface area is 114 Å². The Hall–Kier alpha value is -0.940. The lowest BCUT2D eigenvalue weighted by molar-refractivity contribution is -0.164. The van der Waals surface area contributed by atoms with Crippen LogP contribution in [0, 0.1) is 23.2 Å². The molecule has 1 N–H and O–H groups in total. The molecule has 1 heterocycles. The molecule has 5 heteroatoms. The number of aliphatic hydroxyl groups is 1. The molecule has 3 rings (SSSR count). The van der Waals surface area contributed by atoms with Crippen molar-refractivity contribution in [3.8, 4) is 0 Å². The summed E-state index contributed by atoms with van der Waals surface area (Å²) >= 11 is 0. The van der Waals surface area contributed by atoms with Crippen LogP contribution in [0.2, 0.25) is 0 Å². The quantitative estimate of drug-likeness (QED) is 0.801. The van der Waals surface area contributed by atoms with Gasteiger partial charge >= 0.3 is 0 Å². The van der Waals surface area contributed by atoms with Gasteiger partial charge in [-0.1, -0.05) is 13.8 Å². The number of rotatable bonds is 2. The average molecular weight is 265 g/mol. The Morgan fingerprint density at radius 2 is 2.16 bits per heavy atom. The average Bonchev–Trinajstić information content (AvgIpc) is 2.59. The van der Waals surface area contributed by atoms with Crippen LogP contribution in [0.5, 0.6) is 0 Å². The van der Waals surface area contributed by atoms with Gasteiger partial charge in [0.1, 0.15) is 0 Å². The summed E-state index contributed by atoms with van der Waals surface area (Å²) in [6.45, 7) is 6.72. The van der Waals surface area contributed by atoms with Crippen LogP contribution in [0.3, 0.4) is 0 Å². The van der Waals surface area contributed by atoms with Gasteiger partial charge in [-0.25, -0.2) is 5.01 Å². The van der Waals surface area contributed by atoms with E-state index in [-0.39, 0.29) is 23.8 Å². The second-order valence-corrected chi connectivity index (χ2v) is 7.20. The molecular formula is C14H23N3O2. The largest absolute Gasteiger partial charge is 0.368 e. The van der Waals surface area contributed by atoms with Crippen molar-refractivity contribution in [3.63, 3.8) is 0 Å². The number of likely N-dealkylation sites (N-methyl/N-ethyl adjacent to an activating group) is 1. The molecule has 1 aliphatic heterocycles. The van der Waals surface area contributed by atoms with Crippen LogP contribution >= 0.6 is 0 Å². The highest BCUT2D eigenvalue weighted by atomic mass is 16.3. The van der Waals surface area contributed by atoms with Gasteiger partial charge in [0.05, 0.1) is 12.5 Å². The monoisotopic (exact) mass is 265 g/mol. The minimum Gasteiger partial charge on any atom is -0.368 e. The van der Waals surface area contributed by atoms with Crippen molar-refractivity contribution >= 4 is 11.6 Å². The third kappa shape index (κ3) is 1.54. The first kappa shape index (κ1) is 13.1. The van der Waals surface area contributed by atoms with Gasteiger partial charge in [-0.15, -0.1) is 0 Å². The van der Waals surface area contributed by atoms with Crippen molar-refractivity contribution in [1.29, 1.82) is 0 Å². The summed E-state index contributed by atoms with van der Waals surface area (Å²) in [5, 5.41) is 16.7. The number of hydrogen-bond acceptors (Lipinski definition) is 4. The third-order valence-electron chi connectivity index (χ3n) is 5.28. The van der Waals surface area contributed by atoms with Gasteiger partial charge in [0.15, 0.2) is 5.72 Å². The Kier molecular flexibility index (Phi) is 2.46. The lowest BCUT2D eigenvalue weighted by Crippen LogP contribution is -2.52. The van der Waals surface area contributed by atoms with Crippen molar-refractivity contribution in [2.24, 2.45) is 28.3 Å². The number of amides is 1. The molecule has 5 nitrogen and oxygen atoms in total. The zero-order valence-corrected chi connectivity index (χ0v) is 12.3. The fourth-order valence-corrected chi connectivity index (χ4v) is 4.30. The molecule has 0 aromatic heterocycles. The predicted octanol–water partition coefficient (Wildman–Crippen LogP) is 0.747. The molecule has 4 unspecified atom stereocenters. The van der Waals surface area contributed by atoms with E-state index >= 15 is 0 Å². The van der Waals surface area contributed by atoms with Crippen LogP contribution in [0.15, 0.2) is 5.10 Å². The minimum absolute atomic E-state index is 0.0265. The first-order valence-electron chi connectivity index (χ1n) is 6.95. The van der Waals surface area contributed by atoms with Crippen molar-refractivity contribution < 1.29 is 9.90 Å². The van der Waals surface area contributed by atoms with Gasteiger partial charge in [-0.2, -0.15) is 5.10 Å². The number of carbonyl (C=O) groups is 1. The predicted molar refractivity (Wildman–Crippen MR) is 72.3 cm³/mol. The van der Waals surface area contributed by atoms with Crippen LogP contribution in [-0.4, -0.2) is 53.0 Å². The fraction of sp³-hybridized carbons (Fsp3) is 0.857. The zero-order valence-electron chi connectivity index (χ0n) is 12.3. The molecule has 0 saturated heterocycles. The van der Waals surface area contributed by atoms with Crippen molar-refractivity contribution in [1.82, 2.24) is 9.91 Å². The molecule has 2 aliphatic carbocycles. The molecule has 1 amide bonds. The van der Waals surface area contributed by atoms with Gasteiger partial charge in [-0.05, 0) is 38.3 Å². The van der Waals surface area contributed by atoms with Crippen LogP contribution in [0.1, 0.15) is 27.2 Å². The SMILES string of the molecule is CC1=NN(C(=O)CN(C)C)C2(O)CC3C(C12)C3(C)C. The standard InChI is InChI=1S/C14H23N3O2/c1-8-11-12-9(13(12,2)3)6-14(11,19)17(15-8)10(18)7-16(4)5/h9,11-12,19H,6-7H2,1-5H3. The fourth-order valence-electron chi connectivity index (χ4n) is 4.30. The molecule has 19 heavy (non-hydrogen) atoms. The zero-order chi connectivity index (χ0) is 14.2. The summed E-state index contributed by atoms with van der Waals surface area (Å²) in [6, 6.07) is 0. The summed E-state index contributed by atoms with van der Waals surface area (Å²) in [7, 11) is 3.70. The van der Waals surface area contributed by atoms with E-state index < -0.39 is 5.72 Å². The second-order valence-electron chi connectivity index (χ2n) is 7.20. The highest BCUT2D eigenvalue weighted by molar-refractivity contribution is 5.92.